The van der Waals surface area contributed by atoms with Gasteiger partial charge in [0.1, 0.15) is 12.8 Å². The van der Waals surface area contributed by atoms with E-state index in [2.05, 4.69) is 0 Å². The van der Waals surface area contributed by atoms with Crippen LogP contribution in [0.2, 0.25) is 0 Å². The Labute approximate surface area is 190 Å². The fraction of sp³-hybridized carbons (Fsp3) is 0.333. The number of hydrogen-bond acceptors (Lipinski definition) is 5. The number of fused-ring (bicyclic) bond motifs is 1. The molecule has 3 heterocycles. The van der Waals surface area contributed by atoms with Gasteiger partial charge >= 0.3 is 6.03 Å². The molecule has 1 unspecified atom stereocenters. The normalized spacial score (nSPS) is 23.1. The van der Waals surface area contributed by atoms with Crippen LogP contribution in [0.1, 0.15) is 35.7 Å². The second kappa shape index (κ2) is 8.00. The largest absolute Gasteiger partial charge is 0.376 e. The lowest BCUT2D eigenvalue weighted by atomic mass is 10.0. The Morgan fingerprint density at radius 3 is 2.48 bits per heavy atom. The summed E-state index contributed by atoms with van der Waals surface area (Å²) in [5.41, 5.74) is 2.74. The van der Waals surface area contributed by atoms with Crippen LogP contribution in [0, 0.1) is 0 Å². The molecule has 2 aromatic rings. The SMILES string of the molecule is C[C@H]1CN(c2ccc3c(c2)CN(C2CCC(=O)N(CO)C2=O)C3=O)C(=O)N1c1ccccc1. The second-order valence-corrected chi connectivity index (χ2v) is 8.58. The molecule has 9 heteroatoms. The van der Waals surface area contributed by atoms with Gasteiger partial charge in [0.25, 0.3) is 11.8 Å². The zero-order valence-corrected chi connectivity index (χ0v) is 18.2. The van der Waals surface area contributed by atoms with Crippen molar-refractivity contribution in [2.45, 2.75) is 38.4 Å². The summed E-state index contributed by atoms with van der Waals surface area (Å²) in [6.07, 6.45) is 0.326. The van der Waals surface area contributed by atoms with Gasteiger partial charge in [0, 0.05) is 36.4 Å². The van der Waals surface area contributed by atoms with E-state index in [0.717, 1.165) is 16.2 Å². The Balaban J connectivity index is 1.38. The van der Waals surface area contributed by atoms with Gasteiger partial charge in [-0.1, -0.05) is 18.2 Å². The third kappa shape index (κ3) is 3.36. The minimum atomic E-state index is -0.791. The summed E-state index contributed by atoms with van der Waals surface area (Å²) in [6.45, 7) is 2.03. The Hall–Kier alpha value is -3.72. The molecule has 0 aromatic heterocycles. The molecule has 2 atom stereocenters. The summed E-state index contributed by atoms with van der Waals surface area (Å²) >= 11 is 0. The van der Waals surface area contributed by atoms with Crippen LogP contribution in [0.4, 0.5) is 16.2 Å². The van der Waals surface area contributed by atoms with E-state index in [1.54, 1.807) is 21.9 Å². The molecule has 33 heavy (non-hydrogen) atoms. The summed E-state index contributed by atoms with van der Waals surface area (Å²) < 4.78 is 0. The lowest BCUT2D eigenvalue weighted by Crippen LogP contribution is -2.54. The van der Waals surface area contributed by atoms with Gasteiger partial charge in [0.05, 0.1) is 6.04 Å². The summed E-state index contributed by atoms with van der Waals surface area (Å²) in [6, 6.07) is 13.8. The molecule has 9 nitrogen and oxygen atoms in total. The van der Waals surface area contributed by atoms with Gasteiger partial charge in [-0.2, -0.15) is 0 Å². The monoisotopic (exact) mass is 448 g/mol. The Bertz CT molecular complexity index is 1150. The number of urea groups is 1. The van der Waals surface area contributed by atoms with Gasteiger partial charge in [-0.25, -0.2) is 4.79 Å². The van der Waals surface area contributed by atoms with Crippen LogP contribution in [0.25, 0.3) is 0 Å². The van der Waals surface area contributed by atoms with Crippen LogP contribution >= 0.6 is 0 Å². The number of carbonyl (C=O) groups is 4. The van der Waals surface area contributed by atoms with E-state index in [4.69, 9.17) is 0 Å². The van der Waals surface area contributed by atoms with Crippen molar-refractivity contribution < 1.29 is 24.3 Å². The molecule has 3 aliphatic heterocycles. The third-order valence-corrected chi connectivity index (χ3v) is 6.59. The van der Waals surface area contributed by atoms with Crippen LogP contribution < -0.4 is 9.80 Å². The number of anilines is 2. The van der Waals surface area contributed by atoms with Crippen LogP contribution in [0.15, 0.2) is 48.5 Å². The fourth-order valence-corrected chi connectivity index (χ4v) is 4.92. The van der Waals surface area contributed by atoms with Crippen LogP contribution in [0.5, 0.6) is 0 Å². The van der Waals surface area contributed by atoms with Crippen molar-refractivity contribution in [3.05, 3.63) is 59.7 Å². The Kier molecular flexibility index (Phi) is 5.13. The highest BCUT2D eigenvalue weighted by Crippen LogP contribution is 2.34. The average molecular weight is 448 g/mol. The standard InChI is InChI=1S/C24H24N4O5/c1-15-12-25(24(33)28(15)17-5-3-2-4-6-17)18-7-8-19-16(11-18)13-26(22(19)31)20-9-10-21(30)27(14-29)23(20)32/h2-8,11,15,20,29H,9-10,12-14H2,1H3/t15-,20?/m0/s1. The maximum absolute atomic E-state index is 13.2. The van der Waals surface area contributed by atoms with Crippen molar-refractivity contribution in [1.29, 1.82) is 0 Å². The molecular formula is C24H24N4O5. The summed E-state index contributed by atoms with van der Waals surface area (Å²) in [7, 11) is 0. The molecule has 0 bridgehead atoms. The van der Waals surface area contributed by atoms with Gasteiger partial charge in [-0.05, 0) is 49.2 Å². The predicted molar refractivity (Wildman–Crippen MR) is 119 cm³/mol. The number of rotatable bonds is 4. The predicted octanol–water partition coefficient (Wildman–Crippen LogP) is 1.94. The van der Waals surface area contributed by atoms with E-state index < -0.39 is 24.6 Å². The van der Waals surface area contributed by atoms with Crippen molar-refractivity contribution in [2.24, 2.45) is 0 Å². The van der Waals surface area contributed by atoms with Crippen molar-refractivity contribution >= 4 is 35.1 Å². The number of imide groups is 1. The molecule has 170 valence electrons. The van der Waals surface area contributed by atoms with Gasteiger partial charge in [0.15, 0.2) is 0 Å². The van der Waals surface area contributed by atoms with Gasteiger partial charge in [-0.3, -0.25) is 29.1 Å². The number of hydrogen-bond donors (Lipinski definition) is 1. The number of para-hydroxylation sites is 1. The molecule has 1 N–H and O–H groups in total. The molecule has 0 saturated carbocycles. The number of carbonyl (C=O) groups excluding carboxylic acids is 4. The zero-order valence-electron chi connectivity index (χ0n) is 18.2. The lowest BCUT2D eigenvalue weighted by Gasteiger charge is -2.34. The number of benzene rings is 2. The van der Waals surface area contributed by atoms with Gasteiger partial charge in [-0.15, -0.1) is 0 Å². The van der Waals surface area contributed by atoms with E-state index in [-0.39, 0.29) is 37.4 Å². The number of likely N-dealkylation sites (tertiary alicyclic amines) is 1. The molecule has 5 amide bonds. The smallest absolute Gasteiger partial charge is 0.329 e. The molecule has 2 aromatic carbocycles. The van der Waals surface area contributed by atoms with Crippen LogP contribution in [-0.4, -0.2) is 64.0 Å². The number of amides is 5. The van der Waals surface area contributed by atoms with E-state index >= 15 is 0 Å². The van der Waals surface area contributed by atoms with Crippen molar-refractivity contribution in [1.82, 2.24) is 9.80 Å². The Morgan fingerprint density at radius 1 is 1.00 bits per heavy atom. The first-order valence-corrected chi connectivity index (χ1v) is 11.0. The average Bonchev–Trinajstić information content (AvgIpc) is 3.30. The van der Waals surface area contributed by atoms with Crippen LogP contribution in [0.3, 0.4) is 0 Å². The first-order chi connectivity index (χ1) is 15.9. The summed E-state index contributed by atoms with van der Waals surface area (Å²) in [5, 5.41) is 9.38. The second-order valence-electron chi connectivity index (χ2n) is 8.58. The molecular weight excluding hydrogens is 424 g/mol. The van der Waals surface area contributed by atoms with Crippen LogP contribution in [-0.2, 0) is 16.1 Å². The number of aliphatic hydroxyl groups excluding tert-OH is 1. The van der Waals surface area contributed by atoms with E-state index in [1.165, 1.54) is 4.90 Å². The quantitative estimate of drug-likeness (QED) is 0.721. The molecule has 0 spiro atoms. The highest BCUT2D eigenvalue weighted by Gasteiger charge is 2.43. The molecule has 0 radical (unpaired) electrons. The molecule has 5 rings (SSSR count). The third-order valence-electron chi connectivity index (χ3n) is 6.59. The topological polar surface area (TPSA) is 101 Å². The molecule has 0 aliphatic carbocycles. The van der Waals surface area contributed by atoms with Gasteiger partial charge in [0.2, 0.25) is 5.91 Å². The number of nitrogens with zero attached hydrogens (tertiary/aromatic N) is 4. The molecule has 3 aliphatic rings. The van der Waals surface area contributed by atoms with Crippen molar-refractivity contribution in [3.8, 4) is 0 Å². The number of aliphatic hydroxyl groups is 1. The highest BCUT2D eigenvalue weighted by molar-refractivity contribution is 6.08. The minimum Gasteiger partial charge on any atom is -0.376 e. The number of piperidine rings is 1. The first kappa shape index (κ1) is 21.1. The zero-order chi connectivity index (χ0) is 23.3. The van der Waals surface area contributed by atoms with E-state index in [0.29, 0.717) is 17.8 Å². The maximum Gasteiger partial charge on any atom is 0.329 e. The first-order valence-electron chi connectivity index (χ1n) is 11.0. The van der Waals surface area contributed by atoms with Gasteiger partial charge < -0.3 is 10.0 Å². The summed E-state index contributed by atoms with van der Waals surface area (Å²) in [4.78, 5) is 56.5. The lowest BCUT2D eigenvalue weighted by molar-refractivity contribution is -0.156. The molecule has 2 saturated heterocycles. The summed E-state index contributed by atoms with van der Waals surface area (Å²) in [5.74, 6) is -1.28. The maximum atomic E-state index is 13.2. The van der Waals surface area contributed by atoms with E-state index in [9.17, 15) is 24.3 Å². The van der Waals surface area contributed by atoms with Crippen molar-refractivity contribution in [3.63, 3.8) is 0 Å². The van der Waals surface area contributed by atoms with E-state index in [1.807, 2.05) is 43.3 Å². The molecule has 2 fully saturated rings. The fourth-order valence-electron chi connectivity index (χ4n) is 4.92. The minimum absolute atomic E-state index is 0.0202. The van der Waals surface area contributed by atoms with Crippen molar-refractivity contribution in [2.75, 3.05) is 23.1 Å². The Morgan fingerprint density at radius 2 is 1.76 bits per heavy atom. The highest BCUT2D eigenvalue weighted by atomic mass is 16.3.